The maximum atomic E-state index is 6.75. The topological polar surface area (TPSA) is 27.7 Å². The van der Waals surface area contributed by atoms with Gasteiger partial charge in [0.05, 0.1) is 20.3 Å². The summed E-state index contributed by atoms with van der Waals surface area (Å²) in [5, 5.41) is 0.187. The Morgan fingerprint density at radius 1 is 1.14 bits per heavy atom. The van der Waals surface area contributed by atoms with E-state index in [1.807, 2.05) is 12.1 Å². The third-order valence-corrected chi connectivity index (χ3v) is 10.3. The van der Waals surface area contributed by atoms with Crippen LogP contribution in [-0.4, -0.2) is 28.6 Å². The van der Waals surface area contributed by atoms with Gasteiger partial charge in [-0.3, -0.25) is 0 Å². The highest BCUT2D eigenvalue weighted by molar-refractivity contribution is 6.74. The number of allylic oxidation sites excluding steroid dienone is 1. The second-order valence-electron chi connectivity index (χ2n) is 9.07. The van der Waals surface area contributed by atoms with Gasteiger partial charge < -0.3 is 13.9 Å². The fraction of sp³-hybridized carbons (Fsp3) is 0.583. The lowest BCUT2D eigenvalue weighted by Crippen LogP contribution is -2.45. The minimum atomic E-state index is -1.85. The van der Waals surface area contributed by atoms with Crippen LogP contribution in [-0.2, 0) is 10.8 Å². The number of hydrogen-bond donors (Lipinski definition) is 0. The van der Waals surface area contributed by atoms with Gasteiger partial charge >= 0.3 is 0 Å². The number of ether oxygens (including phenoxy) is 2. The summed E-state index contributed by atoms with van der Waals surface area (Å²) in [5.74, 6) is 1.83. The van der Waals surface area contributed by atoms with Crippen molar-refractivity contribution >= 4 is 8.32 Å². The maximum Gasteiger partial charge on any atom is 0.192 e. The number of methoxy groups -OCH3 is 2. The van der Waals surface area contributed by atoms with Gasteiger partial charge in [-0.25, -0.2) is 0 Å². The number of aryl methyl sites for hydroxylation is 1. The molecule has 0 bridgehead atoms. The smallest absolute Gasteiger partial charge is 0.192 e. The second-order valence-corrected chi connectivity index (χ2v) is 13.8. The molecular formula is C24H40O3Si. The lowest BCUT2D eigenvalue weighted by Gasteiger charge is -2.41. The summed E-state index contributed by atoms with van der Waals surface area (Å²) in [6.45, 7) is 19.9. The average Bonchev–Trinajstić information content (AvgIpc) is 2.64. The molecule has 0 heterocycles. The highest BCUT2D eigenvalue weighted by Crippen LogP contribution is 2.39. The van der Waals surface area contributed by atoms with Gasteiger partial charge in [-0.2, -0.15) is 0 Å². The van der Waals surface area contributed by atoms with Gasteiger partial charge in [-0.15, -0.1) is 6.58 Å². The van der Waals surface area contributed by atoms with Crippen molar-refractivity contribution in [3.63, 3.8) is 0 Å². The summed E-state index contributed by atoms with van der Waals surface area (Å²) in [6, 6.07) is 6.12. The Hall–Kier alpha value is -1.52. The summed E-state index contributed by atoms with van der Waals surface area (Å²) in [5.41, 5.74) is 2.53. The molecule has 0 radical (unpaired) electrons. The Bertz CT molecular complexity index is 671. The first-order valence-corrected chi connectivity index (χ1v) is 13.1. The van der Waals surface area contributed by atoms with E-state index in [-0.39, 0.29) is 17.1 Å². The first kappa shape index (κ1) is 24.5. The third-order valence-electron chi connectivity index (χ3n) is 5.87. The molecule has 28 heavy (non-hydrogen) atoms. The molecular weight excluding hydrogens is 364 g/mol. The third kappa shape index (κ3) is 6.52. The molecule has 0 aliphatic carbocycles. The van der Waals surface area contributed by atoms with Gasteiger partial charge in [-0.1, -0.05) is 45.9 Å². The van der Waals surface area contributed by atoms with E-state index >= 15 is 0 Å². The predicted molar refractivity (Wildman–Crippen MR) is 123 cm³/mol. The van der Waals surface area contributed by atoms with Crippen LogP contribution in [0, 0.1) is 5.92 Å². The number of benzene rings is 1. The van der Waals surface area contributed by atoms with E-state index in [9.17, 15) is 0 Å². The predicted octanol–water partition coefficient (Wildman–Crippen LogP) is 6.80. The zero-order valence-corrected chi connectivity index (χ0v) is 20.4. The fourth-order valence-corrected chi connectivity index (χ4v) is 4.24. The molecule has 0 saturated heterocycles. The Balaban J connectivity index is 2.91. The lowest BCUT2D eigenvalue weighted by atomic mass is 9.97. The molecule has 0 spiro atoms. The van der Waals surface area contributed by atoms with Gasteiger partial charge in [0.15, 0.2) is 19.8 Å². The molecule has 0 N–H and O–H groups in total. The van der Waals surface area contributed by atoms with E-state index in [0.29, 0.717) is 0 Å². The number of rotatable bonds is 10. The standard InChI is InChI=1S/C24H40O3Si/c1-11-18(2)23(27-28(9,10)24(4,5)6)19(3)13-12-14-20-15-16-21(25-7)22(17-20)26-8/h11,13,15-18,23H,1,12,14H2,2-10H3/b19-13+/t18-,23-/m1/s1. The van der Waals surface area contributed by atoms with Gasteiger partial charge in [0.1, 0.15) is 0 Å². The number of hydrogen-bond acceptors (Lipinski definition) is 3. The van der Waals surface area contributed by atoms with Crippen molar-refractivity contribution < 1.29 is 13.9 Å². The Labute approximate surface area is 173 Å². The minimum Gasteiger partial charge on any atom is -0.493 e. The molecule has 0 fully saturated rings. The van der Waals surface area contributed by atoms with Gasteiger partial charge in [0, 0.05) is 5.92 Å². The normalized spacial score (nSPS) is 15.1. The molecule has 0 saturated carbocycles. The van der Waals surface area contributed by atoms with Crippen LogP contribution in [0.25, 0.3) is 0 Å². The van der Waals surface area contributed by atoms with Crippen LogP contribution in [0.2, 0.25) is 18.1 Å². The van der Waals surface area contributed by atoms with Crippen molar-refractivity contribution in [2.24, 2.45) is 5.92 Å². The van der Waals surface area contributed by atoms with E-state index in [2.05, 4.69) is 72.5 Å². The van der Waals surface area contributed by atoms with E-state index < -0.39 is 8.32 Å². The Morgan fingerprint density at radius 3 is 2.25 bits per heavy atom. The highest BCUT2D eigenvalue weighted by atomic mass is 28.4. The van der Waals surface area contributed by atoms with Gasteiger partial charge in [0.2, 0.25) is 0 Å². The molecule has 1 aromatic rings. The van der Waals surface area contributed by atoms with E-state index in [1.54, 1.807) is 14.2 Å². The van der Waals surface area contributed by atoms with E-state index in [1.165, 1.54) is 11.1 Å². The van der Waals surface area contributed by atoms with Crippen LogP contribution >= 0.6 is 0 Å². The molecule has 3 nitrogen and oxygen atoms in total. The molecule has 2 atom stereocenters. The van der Waals surface area contributed by atoms with Crippen molar-refractivity contribution in [1.82, 2.24) is 0 Å². The minimum absolute atomic E-state index is 0.0868. The summed E-state index contributed by atoms with van der Waals surface area (Å²) in [6.07, 6.45) is 6.32. The fourth-order valence-electron chi connectivity index (χ4n) is 2.85. The Morgan fingerprint density at radius 2 is 1.75 bits per heavy atom. The zero-order chi connectivity index (χ0) is 21.5. The van der Waals surface area contributed by atoms with Crippen LogP contribution in [0.4, 0.5) is 0 Å². The first-order valence-electron chi connectivity index (χ1n) is 10.1. The summed E-state index contributed by atoms with van der Waals surface area (Å²) in [7, 11) is 1.48. The summed E-state index contributed by atoms with van der Waals surface area (Å²) in [4.78, 5) is 0. The molecule has 1 aromatic carbocycles. The van der Waals surface area contributed by atoms with Crippen LogP contribution in [0.5, 0.6) is 11.5 Å². The van der Waals surface area contributed by atoms with Crippen molar-refractivity contribution in [2.75, 3.05) is 14.2 Å². The highest BCUT2D eigenvalue weighted by Gasteiger charge is 2.40. The quantitative estimate of drug-likeness (QED) is 0.317. The lowest BCUT2D eigenvalue weighted by molar-refractivity contribution is 0.178. The SMILES string of the molecule is C=C[C@@H](C)[C@@H](O[Si](C)(C)C(C)(C)C)/C(C)=C/CCc1ccc(OC)c(OC)c1. The maximum absolute atomic E-state index is 6.75. The van der Waals surface area contributed by atoms with Crippen molar-refractivity contribution in [1.29, 1.82) is 0 Å². The van der Waals surface area contributed by atoms with Crippen molar-refractivity contribution in [3.05, 3.63) is 48.1 Å². The van der Waals surface area contributed by atoms with Crippen LogP contribution in [0.15, 0.2) is 42.5 Å². The summed E-state index contributed by atoms with van der Waals surface area (Å²) >= 11 is 0. The molecule has 4 heteroatoms. The largest absolute Gasteiger partial charge is 0.493 e. The van der Waals surface area contributed by atoms with Crippen LogP contribution < -0.4 is 9.47 Å². The molecule has 1 rings (SSSR count). The van der Waals surface area contributed by atoms with Crippen LogP contribution in [0.1, 0.15) is 46.6 Å². The zero-order valence-electron chi connectivity index (χ0n) is 19.4. The second kappa shape index (κ2) is 10.3. The van der Waals surface area contributed by atoms with Crippen LogP contribution in [0.3, 0.4) is 0 Å². The molecule has 158 valence electrons. The monoisotopic (exact) mass is 404 g/mol. The van der Waals surface area contributed by atoms with Crippen molar-refractivity contribution in [2.45, 2.75) is 71.7 Å². The molecule has 0 amide bonds. The molecule has 0 aliphatic heterocycles. The summed E-state index contributed by atoms with van der Waals surface area (Å²) < 4.78 is 17.5. The van der Waals surface area contributed by atoms with Crippen molar-refractivity contribution in [3.8, 4) is 11.5 Å². The first-order chi connectivity index (χ1) is 13.0. The van der Waals surface area contributed by atoms with Gasteiger partial charge in [0.25, 0.3) is 0 Å². The van der Waals surface area contributed by atoms with Gasteiger partial charge in [-0.05, 0) is 61.2 Å². The van der Waals surface area contributed by atoms with E-state index in [0.717, 1.165) is 24.3 Å². The average molecular weight is 405 g/mol. The molecule has 0 aromatic heterocycles. The Kier molecular flexibility index (Phi) is 9.03. The van der Waals surface area contributed by atoms with E-state index in [4.69, 9.17) is 13.9 Å². The molecule has 0 aliphatic rings. The molecule has 0 unspecified atom stereocenters.